The van der Waals surface area contributed by atoms with Crippen LogP contribution in [-0.2, 0) is 75.7 Å². The number of aryl methyl sites for hydroxylation is 1. The van der Waals surface area contributed by atoms with E-state index >= 15 is 0 Å². The van der Waals surface area contributed by atoms with E-state index in [9.17, 15) is 53.4 Å². The van der Waals surface area contributed by atoms with Crippen molar-refractivity contribution in [2.45, 2.75) is 143 Å². The number of phenols is 1. The molecule has 3 aliphatic carbocycles. The van der Waals surface area contributed by atoms with Gasteiger partial charge in [0.15, 0.2) is 11.5 Å². The van der Waals surface area contributed by atoms with Gasteiger partial charge in [-0.05, 0) is 94.0 Å². The standard InChI is InChI=1S/C61H88N14O18S/c62-39(56(83)68-32-40(63)57(84)70-43(29-51(80)81)58(85)71-45(35-94)59(86)87)31-67-50(79)13-20-89-22-24-91-26-27-92-25-23-90-21-17-65-49(78)11-10-48(77)64-16-2-1-3-18-75-34-44(72-73-75)41-8-6-38(30-66-41)55(82)69-42-12-14-61(88)47-28-37-7-9-46(76)53-52(37)60(61,54(42)93-53)15-19-74(47)33-36-4-5-36/h6-9,30,34,36,39-40,42-43,45,47,54,76,88,94H,1-5,10-29,31-33,35,62-63H2,(H,64,77)(H,65,78)(H,67,79)(H,68,83)(H,69,82)(H,70,84)(H,71,85)(H,80,81)(H,86,87)/t39?,40?,42-,43?,45?,47-,54+,60+,61-/m1/s1. The molecule has 2 saturated carbocycles. The zero-order chi connectivity index (χ0) is 67.4. The van der Waals surface area contributed by atoms with Gasteiger partial charge in [-0.25, -0.2) is 4.79 Å². The number of phenolic OH excluding ortho intramolecular Hbond substituents is 1. The van der Waals surface area contributed by atoms with Crippen LogP contribution in [0.4, 0.5) is 0 Å². The van der Waals surface area contributed by atoms with Gasteiger partial charge in [0, 0.05) is 82.1 Å². The van der Waals surface area contributed by atoms with Crippen molar-refractivity contribution in [2.24, 2.45) is 17.4 Å². The average molecular weight is 1340 g/mol. The third kappa shape index (κ3) is 19.3. The summed E-state index contributed by atoms with van der Waals surface area (Å²) >= 11 is 3.82. The number of carboxylic acids is 2. The Morgan fingerprint density at radius 3 is 2.05 bits per heavy atom. The molecule has 5 aliphatic rings. The molecule has 94 heavy (non-hydrogen) atoms. The van der Waals surface area contributed by atoms with E-state index < -0.39 is 95.9 Å². The summed E-state index contributed by atoms with van der Waals surface area (Å²) in [5.74, 6) is -6.12. The third-order valence-corrected chi connectivity index (χ3v) is 17.9. The molecule has 1 saturated heterocycles. The summed E-state index contributed by atoms with van der Waals surface area (Å²) in [6.07, 6.45) is 9.19. The van der Waals surface area contributed by atoms with Gasteiger partial charge in [0.1, 0.15) is 36.0 Å². The number of likely N-dealkylation sites (tertiary alicyclic amines) is 1. The molecule has 2 aromatic heterocycles. The molecule has 32 nitrogen and oxygen atoms in total. The number of carbonyl (C=O) groups is 9. The molecule has 2 aliphatic heterocycles. The summed E-state index contributed by atoms with van der Waals surface area (Å²) in [6, 6.07) is 0.868. The number of carboxylic acid groups (broad SMARTS) is 2. The predicted molar refractivity (Wildman–Crippen MR) is 336 cm³/mol. The first-order valence-corrected chi connectivity index (χ1v) is 32.6. The van der Waals surface area contributed by atoms with Gasteiger partial charge in [-0.1, -0.05) is 11.3 Å². The number of ether oxygens (including phenoxy) is 5. The van der Waals surface area contributed by atoms with Crippen LogP contribution in [0.25, 0.3) is 11.4 Å². The largest absolute Gasteiger partial charge is 0.504 e. The lowest BCUT2D eigenvalue weighted by atomic mass is 9.48. The number of carbonyl (C=O) groups excluding carboxylic acids is 7. The molecule has 8 rings (SSSR count). The minimum absolute atomic E-state index is 0.0390. The molecule has 1 aromatic carbocycles. The SMILES string of the molecule is NC(CNC(=O)CCOCCOCCOCCOCCNC(=O)CCC(=O)NCCCCCn1cc(-c2ccc(C(=O)N[C@@H]3CC[C@@]4(O)[C@H]5Cc6ccc(O)c7c6[C@@]4(CCN5CC4CC4)[C@H]3O7)cn2)nn1)C(=O)NCC(N)C(=O)NC(CC(=O)O)C(=O)NC(CS)C(=O)O. The van der Waals surface area contributed by atoms with Crippen LogP contribution in [0.3, 0.4) is 0 Å². The normalized spacial score (nSPS) is 21.3. The Morgan fingerprint density at radius 1 is 0.723 bits per heavy atom. The highest BCUT2D eigenvalue weighted by Gasteiger charge is 2.73. The Balaban J connectivity index is 0.579. The Labute approximate surface area is 548 Å². The van der Waals surface area contributed by atoms with Crippen LogP contribution in [0.5, 0.6) is 11.5 Å². The van der Waals surface area contributed by atoms with E-state index in [-0.39, 0.29) is 107 Å². The van der Waals surface area contributed by atoms with Crippen LogP contribution >= 0.6 is 12.6 Å². The molecule has 3 aromatic rings. The molecule has 3 fully saturated rings. The molecule has 1 spiro atoms. The number of amides is 7. The number of hydrogen-bond donors (Lipinski definition) is 14. The quantitative estimate of drug-likeness (QED) is 0.0204. The number of nitrogens with zero attached hydrogens (tertiary/aromatic N) is 5. The maximum absolute atomic E-state index is 13.8. The van der Waals surface area contributed by atoms with Gasteiger partial charge in [-0.2, -0.15) is 12.6 Å². The maximum atomic E-state index is 13.8. The fraction of sp³-hybridized carbons (Fsp3) is 0.639. The monoisotopic (exact) mass is 1340 g/mol. The lowest BCUT2D eigenvalue weighted by Gasteiger charge is -2.64. The van der Waals surface area contributed by atoms with Crippen molar-refractivity contribution in [3.05, 3.63) is 53.3 Å². The van der Waals surface area contributed by atoms with Gasteiger partial charge >= 0.3 is 11.9 Å². The van der Waals surface area contributed by atoms with Crippen molar-refractivity contribution in [3.8, 4) is 22.9 Å². The molecule has 516 valence electrons. The highest BCUT2D eigenvalue weighted by molar-refractivity contribution is 7.80. The van der Waals surface area contributed by atoms with Gasteiger partial charge in [-0.3, -0.25) is 52.9 Å². The number of hydrogen-bond acceptors (Lipinski definition) is 23. The van der Waals surface area contributed by atoms with E-state index in [1.807, 2.05) is 6.07 Å². The van der Waals surface area contributed by atoms with E-state index in [0.29, 0.717) is 80.6 Å². The topological polar surface area (TPSA) is 464 Å². The molecule has 33 heteroatoms. The van der Waals surface area contributed by atoms with Gasteiger partial charge in [-0.15, -0.1) is 5.10 Å². The van der Waals surface area contributed by atoms with Crippen LogP contribution < -0.4 is 53.4 Å². The summed E-state index contributed by atoms with van der Waals surface area (Å²) in [6.45, 7) is 4.34. The highest BCUT2D eigenvalue weighted by Crippen LogP contribution is 2.65. The van der Waals surface area contributed by atoms with Gasteiger partial charge in [0.2, 0.25) is 35.4 Å². The van der Waals surface area contributed by atoms with Crippen LogP contribution in [0.15, 0.2) is 36.7 Å². The van der Waals surface area contributed by atoms with Crippen LogP contribution in [0.2, 0.25) is 0 Å². The van der Waals surface area contributed by atoms with E-state index in [2.05, 4.69) is 70.0 Å². The van der Waals surface area contributed by atoms with Crippen molar-refractivity contribution in [1.82, 2.24) is 62.1 Å². The molecule has 4 heterocycles. The molecule has 7 amide bonds. The van der Waals surface area contributed by atoms with Crippen LogP contribution in [0.1, 0.15) is 98.5 Å². The smallest absolute Gasteiger partial charge is 0.327 e. The Bertz CT molecular complexity index is 3120. The second kappa shape index (κ2) is 34.7. The first-order chi connectivity index (χ1) is 45.2. The van der Waals surface area contributed by atoms with Gasteiger partial charge in [0.25, 0.3) is 5.91 Å². The van der Waals surface area contributed by atoms with E-state index in [0.717, 1.165) is 43.5 Å². The number of nitrogens with one attached hydrogen (secondary N) is 7. The van der Waals surface area contributed by atoms with E-state index in [1.54, 1.807) is 29.1 Å². The summed E-state index contributed by atoms with van der Waals surface area (Å²) in [5, 5.41) is 68.4. The molecule has 0 radical (unpaired) electrons. The number of unbranched alkanes of at least 4 members (excludes halogenated alkanes) is 2. The molecular formula is C61H88N14O18S. The molecule has 15 N–H and O–H groups in total. The number of aliphatic carboxylic acids is 2. The number of pyridine rings is 1. The molecule has 4 unspecified atom stereocenters. The van der Waals surface area contributed by atoms with Crippen molar-refractivity contribution in [3.63, 3.8) is 0 Å². The summed E-state index contributed by atoms with van der Waals surface area (Å²) in [4.78, 5) is 118. The minimum Gasteiger partial charge on any atom is -0.504 e. The van der Waals surface area contributed by atoms with Crippen molar-refractivity contribution < 1.29 is 87.3 Å². The second-order valence-electron chi connectivity index (χ2n) is 24.2. The number of aromatic hydroxyl groups is 1. The van der Waals surface area contributed by atoms with E-state index in [4.69, 9.17) is 45.4 Å². The third-order valence-electron chi connectivity index (χ3n) is 17.5. The Morgan fingerprint density at radius 2 is 1.38 bits per heavy atom. The molecule has 9 atom stereocenters. The number of piperidine rings is 1. The number of thiol groups is 1. The Hall–Kier alpha value is -7.63. The predicted octanol–water partition coefficient (Wildman–Crippen LogP) is -2.61. The fourth-order valence-electron chi connectivity index (χ4n) is 12.4. The molecular weight excluding hydrogens is 1250 g/mol. The van der Waals surface area contributed by atoms with Crippen molar-refractivity contribution >= 4 is 65.9 Å². The number of nitrogens with two attached hydrogens (primary N) is 2. The zero-order valence-electron chi connectivity index (χ0n) is 52.4. The number of rotatable bonds is 42. The van der Waals surface area contributed by atoms with Crippen molar-refractivity contribution in [1.29, 1.82) is 0 Å². The van der Waals surface area contributed by atoms with E-state index in [1.165, 1.54) is 19.0 Å². The van der Waals surface area contributed by atoms with Crippen molar-refractivity contribution in [2.75, 3.05) is 97.9 Å². The number of aliphatic hydroxyl groups is 1. The highest BCUT2D eigenvalue weighted by atomic mass is 32.1. The van der Waals surface area contributed by atoms with Crippen LogP contribution in [-0.4, -0.2) is 244 Å². The number of benzene rings is 1. The first-order valence-electron chi connectivity index (χ1n) is 31.9. The summed E-state index contributed by atoms with van der Waals surface area (Å²) < 4.78 is 30.2. The molecule has 2 bridgehead atoms. The van der Waals surface area contributed by atoms with Gasteiger partial charge in [0.05, 0.1) is 93.8 Å². The zero-order valence-corrected chi connectivity index (χ0v) is 53.3. The lowest BCUT2D eigenvalue weighted by Crippen LogP contribution is -2.78. The summed E-state index contributed by atoms with van der Waals surface area (Å²) in [5.41, 5.74) is 13.3. The Kier molecular flexibility index (Phi) is 26.6. The average Bonchev–Trinajstić information content (AvgIpc) is 1.43. The van der Waals surface area contributed by atoms with Crippen LogP contribution in [0, 0.1) is 5.92 Å². The summed E-state index contributed by atoms with van der Waals surface area (Å²) in [7, 11) is 0. The fourth-order valence-corrected chi connectivity index (χ4v) is 12.7. The lowest BCUT2D eigenvalue weighted by molar-refractivity contribution is -0.191. The minimum atomic E-state index is -1.67. The second-order valence-corrected chi connectivity index (χ2v) is 24.5. The number of aromatic nitrogens is 4. The van der Waals surface area contributed by atoms with Gasteiger partial charge < -0.3 is 92.8 Å². The first kappa shape index (κ1) is 72.2. The maximum Gasteiger partial charge on any atom is 0.327 e.